The topological polar surface area (TPSA) is 51.4 Å². The highest BCUT2D eigenvalue weighted by Crippen LogP contribution is 2.27. The van der Waals surface area contributed by atoms with Crippen molar-refractivity contribution in [1.82, 2.24) is 15.1 Å². The van der Waals surface area contributed by atoms with E-state index < -0.39 is 0 Å². The van der Waals surface area contributed by atoms with Crippen LogP contribution in [0.2, 0.25) is 5.02 Å². The molecule has 118 valence electrons. The van der Waals surface area contributed by atoms with Crippen LogP contribution in [-0.2, 0) is 4.74 Å². The lowest BCUT2D eigenvalue weighted by atomic mass is 10.1. The summed E-state index contributed by atoms with van der Waals surface area (Å²) in [7, 11) is 1.78. The lowest BCUT2D eigenvalue weighted by molar-refractivity contribution is 0.0256. The summed E-state index contributed by atoms with van der Waals surface area (Å²) >= 11 is 6.00. The summed E-state index contributed by atoms with van der Waals surface area (Å²) in [5, 5.41) is 9.01. The quantitative estimate of drug-likeness (QED) is 0.861. The minimum absolute atomic E-state index is 0.109. The molecule has 1 aromatic heterocycles. The molecule has 1 fully saturated rings. The maximum Gasteiger partial charge on any atom is 0.247 e. The normalized spacial score (nSPS) is 18.5. The number of piperidine rings is 1. The molecule has 0 amide bonds. The van der Waals surface area contributed by atoms with E-state index in [9.17, 15) is 0 Å². The first-order valence-corrected chi connectivity index (χ1v) is 7.91. The number of aromatic nitrogens is 2. The first-order valence-electron chi connectivity index (χ1n) is 7.53. The number of ether oxygens (including phenoxy) is 1. The van der Waals surface area contributed by atoms with Crippen LogP contribution in [0.15, 0.2) is 28.7 Å². The summed E-state index contributed by atoms with van der Waals surface area (Å²) in [4.78, 5) is 2.35. The van der Waals surface area contributed by atoms with Crippen LogP contribution < -0.4 is 0 Å². The van der Waals surface area contributed by atoms with Gasteiger partial charge >= 0.3 is 0 Å². The molecule has 5 nitrogen and oxygen atoms in total. The van der Waals surface area contributed by atoms with Gasteiger partial charge in [0.1, 0.15) is 0 Å². The molecule has 0 saturated carbocycles. The fourth-order valence-electron chi connectivity index (χ4n) is 2.80. The number of hydrogen-bond acceptors (Lipinski definition) is 5. The molecule has 1 aromatic carbocycles. The highest BCUT2D eigenvalue weighted by molar-refractivity contribution is 6.30. The Balaban J connectivity index is 1.71. The van der Waals surface area contributed by atoms with Crippen LogP contribution in [0, 0.1) is 0 Å². The van der Waals surface area contributed by atoms with Gasteiger partial charge in [-0.1, -0.05) is 17.7 Å². The molecule has 22 heavy (non-hydrogen) atoms. The van der Waals surface area contributed by atoms with Gasteiger partial charge in [0.25, 0.3) is 0 Å². The molecule has 1 aliphatic heterocycles. The van der Waals surface area contributed by atoms with Crippen LogP contribution in [0.4, 0.5) is 0 Å². The molecular weight excluding hydrogens is 302 g/mol. The molecule has 2 heterocycles. The summed E-state index contributed by atoms with van der Waals surface area (Å²) in [6, 6.07) is 7.55. The average molecular weight is 322 g/mol. The van der Waals surface area contributed by atoms with Gasteiger partial charge in [-0.15, -0.1) is 10.2 Å². The van der Waals surface area contributed by atoms with E-state index in [4.69, 9.17) is 20.8 Å². The predicted octanol–water partition coefficient (Wildman–Crippen LogP) is 3.56. The SMILES string of the molecule is COC1CCN([C@H](C)c2nnc(-c3cccc(Cl)c3)o2)CC1. The maximum absolute atomic E-state index is 6.00. The van der Waals surface area contributed by atoms with E-state index in [0.29, 0.717) is 22.9 Å². The van der Waals surface area contributed by atoms with Gasteiger partial charge < -0.3 is 9.15 Å². The van der Waals surface area contributed by atoms with Gasteiger partial charge in [0, 0.05) is 30.8 Å². The van der Waals surface area contributed by atoms with Crippen molar-refractivity contribution in [2.24, 2.45) is 0 Å². The van der Waals surface area contributed by atoms with Crippen LogP contribution in [0.25, 0.3) is 11.5 Å². The van der Waals surface area contributed by atoms with Crippen molar-refractivity contribution in [2.45, 2.75) is 31.9 Å². The van der Waals surface area contributed by atoms with Crippen molar-refractivity contribution in [2.75, 3.05) is 20.2 Å². The number of rotatable bonds is 4. The van der Waals surface area contributed by atoms with E-state index in [1.54, 1.807) is 7.11 Å². The minimum Gasteiger partial charge on any atom is -0.419 e. The molecule has 0 unspecified atom stereocenters. The molecule has 0 radical (unpaired) electrons. The van der Waals surface area contributed by atoms with Crippen molar-refractivity contribution in [1.29, 1.82) is 0 Å². The number of hydrogen-bond donors (Lipinski definition) is 0. The molecule has 6 heteroatoms. The summed E-state index contributed by atoms with van der Waals surface area (Å²) < 4.78 is 11.2. The minimum atomic E-state index is 0.109. The molecule has 0 spiro atoms. The monoisotopic (exact) mass is 321 g/mol. The third-order valence-electron chi connectivity index (χ3n) is 4.23. The Morgan fingerprint density at radius 1 is 1.32 bits per heavy atom. The number of likely N-dealkylation sites (tertiary alicyclic amines) is 1. The smallest absolute Gasteiger partial charge is 0.247 e. The molecule has 1 aliphatic rings. The van der Waals surface area contributed by atoms with Gasteiger partial charge in [-0.25, -0.2) is 0 Å². The van der Waals surface area contributed by atoms with Crippen LogP contribution >= 0.6 is 11.6 Å². The molecule has 1 atom stereocenters. The Labute approximate surface area is 135 Å². The Morgan fingerprint density at radius 2 is 2.09 bits per heavy atom. The Hall–Kier alpha value is -1.43. The average Bonchev–Trinajstić information content (AvgIpc) is 3.04. The van der Waals surface area contributed by atoms with E-state index in [2.05, 4.69) is 22.0 Å². The zero-order valence-electron chi connectivity index (χ0n) is 12.8. The number of methoxy groups -OCH3 is 1. The van der Waals surface area contributed by atoms with E-state index in [-0.39, 0.29) is 6.04 Å². The fourth-order valence-corrected chi connectivity index (χ4v) is 2.99. The first kappa shape index (κ1) is 15.5. The second-order valence-electron chi connectivity index (χ2n) is 5.60. The largest absolute Gasteiger partial charge is 0.419 e. The summed E-state index contributed by atoms with van der Waals surface area (Å²) in [5.41, 5.74) is 0.844. The van der Waals surface area contributed by atoms with Gasteiger partial charge in [-0.3, -0.25) is 4.90 Å². The van der Waals surface area contributed by atoms with Crippen LogP contribution in [-0.4, -0.2) is 41.4 Å². The van der Waals surface area contributed by atoms with Gasteiger partial charge in [-0.2, -0.15) is 0 Å². The van der Waals surface area contributed by atoms with Crippen molar-refractivity contribution < 1.29 is 9.15 Å². The van der Waals surface area contributed by atoms with E-state index in [1.165, 1.54) is 0 Å². The number of benzene rings is 1. The van der Waals surface area contributed by atoms with Crippen LogP contribution in [0.3, 0.4) is 0 Å². The third-order valence-corrected chi connectivity index (χ3v) is 4.46. The first-order chi connectivity index (χ1) is 10.7. The van der Waals surface area contributed by atoms with Crippen molar-refractivity contribution in [3.63, 3.8) is 0 Å². The zero-order valence-corrected chi connectivity index (χ0v) is 13.6. The molecule has 2 aromatic rings. The highest BCUT2D eigenvalue weighted by atomic mass is 35.5. The van der Waals surface area contributed by atoms with Gasteiger partial charge in [0.2, 0.25) is 11.8 Å². The molecule has 0 N–H and O–H groups in total. The van der Waals surface area contributed by atoms with Crippen molar-refractivity contribution in [3.8, 4) is 11.5 Å². The summed E-state index contributed by atoms with van der Waals surface area (Å²) in [6.07, 6.45) is 2.44. The standard InChI is InChI=1S/C16H20ClN3O2/c1-11(20-8-6-14(21-2)7-9-20)15-18-19-16(22-15)12-4-3-5-13(17)10-12/h3-5,10-11,14H,6-9H2,1-2H3/t11-/m1/s1. The summed E-state index contributed by atoms with van der Waals surface area (Å²) in [6.45, 7) is 4.06. The number of nitrogens with zero attached hydrogens (tertiary/aromatic N) is 3. The van der Waals surface area contributed by atoms with Gasteiger partial charge in [0.05, 0.1) is 12.1 Å². The summed E-state index contributed by atoms with van der Waals surface area (Å²) in [5.74, 6) is 1.15. The molecule has 1 saturated heterocycles. The Bertz CT molecular complexity index is 623. The number of halogens is 1. The van der Waals surface area contributed by atoms with E-state index in [1.807, 2.05) is 24.3 Å². The second-order valence-corrected chi connectivity index (χ2v) is 6.04. The third kappa shape index (κ3) is 3.32. The molecule has 0 bridgehead atoms. The van der Waals surface area contributed by atoms with E-state index in [0.717, 1.165) is 31.5 Å². The van der Waals surface area contributed by atoms with Crippen molar-refractivity contribution in [3.05, 3.63) is 35.2 Å². The van der Waals surface area contributed by atoms with Gasteiger partial charge in [-0.05, 0) is 38.0 Å². The predicted molar refractivity (Wildman–Crippen MR) is 84.8 cm³/mol. The van der Waals surface area contributed by atoms with Crippen LogP contribution in [0.5, 0.6) is 0 Å². The zero-order chi connectivity index (χ0) is 15.5. The van der Waals surface area contributed by atoms with Gasteiger partial charge in [0.15, 0.2) is 0 Å². The Kier molecular flexibility index (Phi) is 4.76. The van der Waals surface area contributed by atoms with Crippen LogP contribution in [0.1, 0.15) is 31.7 Å². The lowest BCUT2D eigenvalue weighted by Gasteiger charge is -2.33. The molecular formula is C16H20ClN3O2. The molecule has 3 rings (SSSR count). The molecule has 0 aliphatic carbocycles. The Morgan fingerprint density at radius 3 is 2.77 bits per heavy atom. The van der Waals surface area contributed by atoms with E-state index >= 15 is 0 Å². The highest BCUT2D eigenvalue weighted by Gasteiger charge is 2.26. The second kappa shape index (κ2) is 6.77. The lowest BCUT2D eigenvalue weighted by Crippen LogP contribution is -2.38. The maximum atomic E-state index is 6.00. The van der Waals surface area contributed by atoms with Crippen molar-refractivity contribution >= 4 is 11.6 Å². The fraction of sp³-hybridized carbons (Fsp3) is 0.500.